The van der Waals surface area contributed by atoms with Gasteiger partial charge in [-0.2, -0.15) is 5.10 Å². The van der Waals surface area contributed by atoms with E-state index in [2.05, 4.69) is 33.7 Å². The van der Waals surface area contributed by atoms with E-state index in [4.69, 9.17) is 4.74 Å². The zero-order valence-corrected chi connectivity index (χ0v) is 19.4. The predicted molar refractivity (Wildman–Crippen MR) is 124 cm³/mol. The third-order valence-electron chi connectivity index (χ3n) is 4.19. The first-order valence-electron chi connectivity index (χ1n) is 9.38. The van der Waals surface area contributed by atoms with Crippen molar-refractivity contribution >= 4 is 29.9 Å². The largest absolute Gasteiger partial charge is 0.497 e. The highest BCUT2D eigenvalue weighted by Crippen LogP contribution is 2.19. The van der Waals surface area contributed by atoms with Gasteiger partial charge in [0, 0.05) is 25.3 Å². The van der Waals surface area contributed by atoms with Crippen molar-refractivity contribution in [2.24, 2.45) is 4.99 Å². The van der Waals surface area contributed by atoms with Crippen LogP contribution in [0.2, 0.25) is 0 Å². The Balaban J connectivity index is 0.00000392. The van der Waals surface area contributed by atoms with Gasteiger partial charge >= 0.3 is 0 Å². The number of ether oxygens (including phenoxy) is 1. The number of nitrogens with one attached hydrogen (secondary N) is 2. The minimum atomic E-state index is -0.676. The van der Waals surface area contributed by atoms with Gasteiger partial charge < -0.3 is 20.5 Å². The molecule has 1 aromatic heterocycles. The van der Waals surface area contributed by atoms with Crippen molar-refractivity contribution in [1.82, 2.24) is 20.4 Å². The lowest BCUT2D eigenvalue weighted by atomic mass is 10.1. The molecule has 0 saturated carbocycles. The number of aliphatic imine (C=N–C) groups is 1. The Morgan fingerprint density at radius 2 is 2.07 bits per heavy atom. The van der Waals surface area contributed by atoms with E-state index in [9.17, 15) is 5.11 Å². The Hall–Kier alpha value is -1.81. The molecule has 0 spiro atoms. The van der Waals surface area contributed by atoms with E-state index in [-0.39, 0.29) is 30.5 Å². The highest BCUT2D eigenvalue weighted by molar-refractivity contribution is 14.0. The number of benzene rings is 1. The number of halogens is 1. The Morgan fingerprint density at radius 1 is 1.29 bits per heavy atom. The smallest absolute Gasteiger partial charge is 0.191 e. The molecule has 0 bridgehead atoms. The molecule has 0 aliphatic carbocycles. The summed E-state index contributed by atoms with van der Waals surface area (Å²) in [5.74, 6) is 1.43. The van der Waals surface area contributed by atoms with Gasteiger partial charge in [-0.1, -0.05) is 12.1 Å². The van der Waals surface area contributed by atoms with Gasteiger partial charge in [0.1, 0.15) is 5.75 Å². The number of rotatable bonds is 9. The quantitative estimate of drug-likeness (QED) is 0.213. The summed E-state index contributed by atoms with van der Waals surface area (Å²) in [6.45, 7) is 8.77. The van der Waals surface area contributed by atoms with E-state index >= 15 is 0 Å². The summed E-state index contributed by atoms with van der Waals surface area (Å²) >= 11 is 0. The van der Waals surface area contributed by atoms with Crippen molar-refractivity contribution < 1.29 is 9.84 Å². The van der Waals surface area contributed by atoms with Crippen molar-refractivity contribution in [3.05, 3.63) is 47.3 Å². The summed E-state index contributed by atoms with van der Waals surface area (Å²) in [6, 6.07) is 9.50. The maximum Gasteiger partial charge on any atom is 0.191 e. The lowest BCUT2D eigenvalue weighted by Gasteiger charge is -2.14. The number of hydrogen-bond donors (Lipinski definition) is 3. The predicted octanol–water partition coefficient (Wildman–Crippen LogP) is 2.81. The van der Waals surface area contributed by atoms with Crippen LogP contribution in [0.1, 0.15) is 36.4 Å². The molecule has 1 heterocycles. The van der Waals surface area contributed by atoms with Crippen molar-refractivity contribution in [2.75, 3.05) is 26.7 Å². The molecular weight excluding hydrogens is 469 g/mol. The average molecular weight is 501 g/mol. The Kier molecular flexibility index (Phi) is 10.9. The van der Waals surface area contributed by atoms with Gasteiger partial charge in [0.25, 0.3) is 0 Å². The molecule has 2 aromatic rings. The van der Waals surface area contributed by atoms with Crippen LogP contribution < -0.4 is 15.4 Å². The van der Waals surface area contributed by atoms with E-state index in [0.29, 0.717) is 5.96 Å². The second-order valence-electron chi connectivity index (χ2n) is 6.44. The zero-order chi connectivity index (χ0) is 19.6. The number of aryl methyl sites for hydroxylation is 3. The molecule has 1 unspecified atom stereocenters. The SMILES string of the molecule is CCNC(=NCC(O)c1cccc(OC)c1)NCCCn1nc(C)cc1C.I. The fourth-order valence-corrected chi connectivity index (χ4v) is 2.81. The fourth-order valence-electron chi connectivity index (χ4n) is 2.81. The highest BCUT2D eigenvalue weighted by Gasteiger charge is 2.08. The van der Waals surface area contributed by atoms with Gasteiger partial charge in [-0.3, -0.25) is 9.67 Å². The van der Waals surface area contributed by atoms with Gasteiger partial charge in [0.15, 0.2) is 5.96 Å². The average Bonchev–Trinajstić information content (AvgIpc) is 2.99. The first-order valence-corrected chi connectivity index (χ1v) is 9.38. The van der Waals surface area contributed by atoms with Gasteiger partial charge in [0.2, 0.25) is 0 Å². The molecule has 7 nitrogen and oxygen atoms in total. The van der Waals surface area contributed by atoms with Crippen molar-refractivity contribution in [1.29, 1.82) is 0 Å². The number of nitrogens with zero attached hydrogens (tertiary/aromatic N) is 3. The Bertz CT molecular complexity index is 748. The van der Waals surface area contributed by atoms with Crippen LogP contribution in [0, 0.1) is 13.8 Å². The first kappa shape index (κ1) is 24.2. The minimum absolute atomic E-state index is 0. The molecule has 0 radical (unpaired) electrons. The molecule has 3 N–H and O–H groups in total. The second kappa shape index (κ2) is 12.6. The van der Waals surface area contributed by atoms with Gasteiger partial charge in [-0.05, 0) is 51.0 Å². The van der Waals surface area contributed by atoms with Crippen LogP contribution in [-0.4, -0.2) is 47.6 Å². The normalized spacial score (nSPS) is 12.2. The number of guanidine groups is 1. The molecule has 0 fully saturated rings. The minimum Gasteiger partial charge on any atom is -0.497 e. The Labute approximate surface area is 184 Å². The topological polar surface area (TPSA) is 83.7 Å². The molecule has 0 amide bonds. The van der Waals surface area contributed by atoms with Crippen LogP contribution in [0.25, 0.3) is 0 Å². The van der Waals surface area contributed by atoms with E-state index in [1.807, 2.05) is 42.8 Å². The zero-order valence-electron chi connectivity index (χ0n) is 17.1. The number of aliphatic hydroxyl groups is 1. The van der Waals surface area contributed by atoms with Crippen LogP contribution >= 0.6 is 24.0 Å². The molecule has 156 valence electrons. The fraction of sp³-hybridized carbons (Fsp3) is 0.500. The number of aromatic nitrogens is 2. The molecule has 8 heteroatoms. The van der Waals surface area contributed by atoms with Crippen molar-refractivity contribution in [2.45, 2.75) is 39.8 Å². The lowest BCUT2D eigenvalue weighted by molar-refractivity contribution is 0.186. The third-order valence-corrected chi connectivity index (χ3v) is 4.19. The summed E-state index contributed by atoms with van der Waals surface area (Å²) in [5.41, 5.74) is 3.01. The summed E-state index contributed by atoms with van der Waals surface area (Å²) in [7, 11) is 1.61. The molecule has 1 atom stereocenters. The van der Waals surface area contributed by atoms with Gasteiger partial charge in [-0.25, -0.2) is 0 Å². The van der Waals surface area contributed by atoms with Gasteiger partial charge in [0.05, 0.1) is 25.5 Å². The molecule has 28 heavy (non-hydrogen) atoms. The summed E-state index contributed by atoms with van der Waals surface area (Å²) < 4.78 is 7.22. The molecule has 2 rings (SSSR count). The second-order valence-corrected chi connectivity index (χ2v) is 6.44. The van der Waals surface area contributed by atoms with Crippen LogP contribution in [0.3, 0.4) is 0 Å². The molecule has 1 aromatic carbocycles. The van der Waals surface area contributed by atoms with E-state index in [1.165, 1.54) is 5.69 Å². The van der Waals surface area contributed by atoms with Crippen LogP contribution in [0.15, 0.2) is 35.3 Å². The highest BCUT2D eigenvalue weighted by atomic mass is 127. The van der Waals surface area contributed by atoms with Crippen LogP contribution in [0.4, 0.5) is 0 Å². The van der Waals surface area contributed by atoms with Crippen LogP contribution in [0.5, 0.6) is 5.75 Å². The number of methoxy groups -OCH3 is 1. The third kappa shape index (κ3) is 7.67. The summed E-state index contributed by atoms with van der Waals surface area (Å²) in [6.07, 6.45) is 0.260. The van der Waals surface area contributed by atoms with E-state index in [1.54, 1.807) is 7.11 Å². The Morgan fingerprint density at radius 3 is 2.71 bits per heavy atom. The summed E-state index contributed by atoms with van der Waals surface area (Å²) in [5, 5.41) is 21.4. The molecule has 0 saturated heterocycles. The molecular formula is C20H32IN5O2. The van der Waals surface area contributed by atoms with E-state index in [0.717, 1.165) is 43.1 Å². The monoisotopic (exact) mass is 501 g/mol. The number of hydrogen-bond acceptors (Lipinski definition) is 4. The maximum atomic E-state index is 10.4. The lowest BCUT2D eigenvalue weighted by Crippen LogP contribution is -2.38. The van der Waals surface area contributed by atoms with Gasteiger partial charge in [-0.15, -0.1) is 24.0 Å². The number of aliphatic hydroxyl groups excluding tert-OH is 1. The van der Waals surface area contributed by atoms with E-state index < -0.39 is 6.10 Å². The standard InChI is InChI=1S/C20H31N5O2.HI/c1-5-21-20(22-10-7-11-25-16(3)12-15(2)24-25)23-14-19(26)17-8-6-9-18(13-17)27-4;/h6,8-9,12-13,19,26H,5,7,10-11,14H2,1-4H3,(H2,21,22,23);1H. The molecule has 0 aliphatic heterocycles. The first-order chi connectivity index (χ1) is 13.0. The van der Waals surface area contributed by atoms with Crippen molar-refractivity contribution in [3.8, 4) is 5.75 Å². The van der Waals surface area contributed by atoms with Crippen LogP contribution in [-0.2, 0) is 6.54 Å². The summed E-state index contributed by atoms with van der Waals surface area (Å²) in [4.78, 5) is 4.49. The van der Waals surface area contributed by atoms with Crippen molar-refractivity contribution in [3.63, 3.8) is 0 Å². The maximum absolute atomic E-state index is 10.4. The molecule has 0 aliphatic rings.